The van der Waals surface area contributed by atoms with E-state index in [0.717, 1.165) is 16.9 Å². The van der Waals surface area contributed by atoms with E-state index >= 15 is 0 Å². The van der Waals surface area contributed by atoms with E-state index in [2.05, 4.69) is 15.9 Å². The molecule has 0 atom stereocenters. The molecule has 0 aromatic heterocycles. The van der Waals surface area contributed by atoms with Gasteiger partial charge in [-0.3, -0.25) is 10.1 Å². The van der Waals surface area contributed by atoms with E-state index in [1.807, 2.05) is 19.1 Å². The molecule has 0 saturated heterocycles. The van der Waals surface area contributed by atoms with Crippen molar-refractivity contribution in [2.45, 2.75) is 13.5 Å². The van der Waals surface area contributed by atoms with E-state index in [9.17, 15) is 10.1 Å². The summed E-state index contributed by atoms with van der Waals surface area (Å²) in [4.78, 5) is 10.2. The van der Waals surface area contributed by atoms with Crippen molar-refractivity contribution in [3.05, 3.63) is 62.1 Å². The monoisotopic (exact) mass is 336 g/mol. The number of ether oxygens (including phenoxy) is 1. The third-order valence-corrected chi connectivity index (χ3v) is 3.57. The van der Waals surface area contributed by atoms with Crippen molar-refractivity contribution in [1.29, 1.82) is 0 Å². The lowest BCUT2D eigenvalue weighted by molar-refractivity contribution is -0.384. The lowest BCUT2D eigenvalue weighted by atomic mass is 10.2. The van der Waals surface area contributed by atoms with Crippen molar-refractivity contribution >= 4 is 27.3 Å². The fraction of sp³-hybridized carbons (Fsp3) is 0.143. The normalized spacial score (nSPS) is 10.3. The molecule has 0 spiro atoms. The van der Waals surface area contributed by atoms with Gasteiger partial charge in [-0.2, -0.15) is 0 Å². The molecule has 2 aromatic rings. The minimum atomic E-state index is -0.431. The second kappa shape index (κ2) is 5.92. The van der Waals surface area contributed by atoms with E-state index in [-0.39, 0.29) is 5.69 Å². The Morgan fingerprint density at radius 2 is 2.05 bits per heavy atom. The maximum Gasteiger partial charge on any atom is 0.270 e. The zero-order valence-electron chi connectivity index (χ0n) is 10.8. The molecule has 0 aliphatic rings. The van der Waals surface area contributed by atoms with Crippen molar-refractivity contribution < 1.29 is 9.66 Å². The van der Waals surface area contributed by atoms with E-state index in [0.29, 0.717) is 16.8 Å². The van der Waals surface area contributed by atoms with Crippen LogP contribution in [0, 0.1) is 17.0 Å². The first-order chi connectivity index (χ1) is 9.47. The fourth-order valence-electron chi connectivity index (χ4n) is 1.76. The van der Waals surface area contributed by atoms with Gasteiger partial charge in [0.1, 0.15) is 12.4 Å². The third-order valence-electron chi connectivity index (χ3n) is 2.83. The summed E-state index contributed by atoms with van der Waals surface area (Å²) < 4.78 is 6.36. The summed E-state index contributed by atoms with van der Waals surface area (Å²) in [5, 5.41) is 10.7. The molecule has 0 aliphatic carbocycles. The van der Waals surface area contributed by atoms with Crippen molar-refractivity contribution in [2.24, 2.45) is 0 Å². The fourth-order valence-corrected chi connectivity index (χ4v) is 2.24. The van der Waals surface area contributed by atoms with E-state index in [1.165, 1.54) is 12.1 Å². The maximum atomic E-state index is 10.7. The van der Waals surface area contributed by atoms with Crippen LogP contribution >= 0.6 is 15.9 Å². The number of anilines is 1. The summed E-state index contributed by atoms with van der Waals surface area (Å²) in [7, 11) is 0. The molecular weight excluding hydrogens is 324 g/mol. The molecule has 2 rings (SSSR count). The van der Waals surface area contributed by atoms with E-state index in [4.69, 9.17) is 10.5 Å². The van der Waals surface area contributed by atoms with Crippen LogP contribution in [-0.2, 0) is 6.61 Å². The van der Waals surface area contributed by atoms with Gasteiger partial charge in [0.15, 0.2) is 0 Å². The summed E-state index contributed by atoms with van der Waals surface area (Å²) in [6.45, 7) is 2.24. The molecule has 0 radical (unpaired) electrons. The van der Waals surface area contributed by atoms with Gasteiger partial charge in [0.25, 0.3) is 5.69 Å². The minimum Gasteiger partial charge on any atom is -0.489 e. The molecule has 0 unspecified atom stereocenters. The first kappa shape index (κ1) is 14.3. The number of aryl methyl sites for hydroxylation is 1. The summed E-state index contributed by atoms with van der Waals surface area (Å²) in [5.74, 6) is 0.740. The largest absolute Gasteiger partial charge is 0.489 e. The predicted molar refractivity (Wildman–Crippen MR) is 80.7 cm³/mol. The summed E-state index contributed by atoms with van der Waals surface area (Å²) in [6.07, 6.45) is 0. The summed E-state index contributed by atoms with van der Waals surface area (Å²) in [6, 6.07) is 10.0. The number of halogens is 1. The lowest BCUT2D eigenvalue weighted by Gasteiger charge is -2.10. The van der Waals surface area contributed by atoms with Gasteiger partial charge in [-0.25, -0.2) is 0 Å². The SMILES string of the molecule is Cc1cc(N)ccc1OCc1ccc([N+](=O)[O-])cc1Br. The average Bonchev–Trinajstić information content (AvgIpc) is 2.38. The molecule has 0 bridgehead atoms. The Balaban J connectivity index is 2.13. The minimum absolute atomic E-state index is 0.0456. The highest BCUT2D eigenvalue weighted by atomic mass is 79.9. The average molecular weight is 337 g/mol. The van der Waals surface area contributed by atoms with Gasteiger partial charge in [-0.1, -0.05) is 15.9 Å². The van der Waals surface area contributed by atoms with Crippen LogP contribution in [0.3, 0.4) is 0 Å². The van der Waals surface area contributed by atoms with Gasteiger partial charge in [0.05, 0.1) is 4.92 Å². The molecule has 0 amide bonds. The topological polar surface area (TPSA) is 78.4 Å². The number of nitrogen functional groups attached to an aromatic ring is 1. The number of nitro groups is 1. The predicted octanol–water partition coefficient (Wildman–Crippen LogP) is 3.83. The second-order valence-electron chi connectivity index (χ2n) is 4.35. The van der Waals surface area contributed by atoms with Crippen LogP contribution in [-0.4, -0.2) is 4.92 Å². The molecule has 0 saturated carbocycles. The van der Waals surface area contributed by atoms with Crippen LogP contribution in [0.2, 0.25) is 0 Å². The highest BCUT2D eigenvalue weighted by Crippen LogP contribution is 2.26. The van der Waals surface area contributed by atoms with Crippen LogP contribution in [0.4, 0.5) is 11.4 Å². The van der Waals surface area contributed by atoms with Crippen LogP contribution in [0.5, 0.6) is 5.75 Å². The Morgan fingerprint density at radius 3 is 2.65 bits per heavy atom. The van der Waals surface area contributed by atoms with Gasteiger partial charge in [-0.05, 0) is 36.8 Å². The third kappa shape index (κ3) is 3.27. The zero-order valence-corrected chi connectivity index (χ0v) is 12.4. The van der Waals surface area contributed by atoms with Gasteiger partial charge in [0, 0.05) is 27.9 Å². The zero-order chi connectivity index (χ0) is 14.7. The van der Waals surface area contributed by atoms with Gasteiger partial charge in [0.2, 0.25) is 0 Å². The molecule has 0 aliphatic heterocycles. The second-order valence-corrected chi connectivity index (χ2v) is 5.20. The Labute approximate surface area is 124 Å². The van der Waals surface area contributed by atoms with E-state index < -0.39 is 4.92 Å². The molecule has 6 heteroatoms. The first-order valence-electron chi connectivity index (χ1n) is 5.89. The number of hydrogen-bond donors (Lipinski definition) is 1. The number of nitrogens with two attached hydrogens (primary N) is 1. The molecule has 0 fully saturated rings. The number of benzene rings is 2. The summed E-state index contributed by atoms with van der Waals surface area (Å²) in [5.41, 5.74) is 8.20. The van der Waals surface area contributed by atoms with Crippen molar-refractivity contribution in [2.75, 3.05) is 5.73 Å². The number of rotatable bonds is 4. The molecule has 2 N–H and O–H groups in total. The van der Waals surface area contributed by atoms with Crippen LogP contribution in [0.15, 0.2) is 40.9 Å². The number of nitro benzene ring substituents is 1. The van der Waals surface area contributed by atoms with Crippen molar-refractivity contribution in [3.63, 3.8) is 0 Å². The first-order valence-corrected chi connectivity index (χ1v) is 6.68. The summed E-state index contributed by atoms with van der Waals surface area (Å²) >= 11 is 3.31. The Morgan fingerprint density at radius 1 is 1.30 bits per heavy atom. The molecule has 2 aromatic carbocycles. The van der Waals surface area contributed by atoms with Crippen LogP contribution < -0.4 is 10.5 Å². The van der Waals surface area contributed by atoms with Crippen LogP contribution in [0.25, 0.3) is 0 Å². The Bertz CT molecular complexity index is 659. The van der Waals surface area contributed by atoms with Crippen LogP contribution in [0.1, 0.15) is 11.1 Å². The molecule has 0 heterocycles. The van der Waals surface area contributed by atoms with Gasteiger partial charge < -0.3 is 10.5 Å². The Hall–Kier alpha value is -2.08. The molecule has 5 nitrogen and oxygen atoms in total. The standard InChI is InChI=1S/C14H13BrN2O3/c1-9-6-11(16)3-5-14(9)20-8-10-2-4-12(17(18)19)7-13(10)15/h2-7H,8,16H2,1H3. The highest BCUT2D eigenvalue weighted by Gasteiger charge is 2.10. The van der Waals surface area contributed by atoms with Crippen molar-refractivity contribution in [3.8, 4) is 5.75 Å². The smallest absolute Gasteiger partial charge is 0.270 e. The number of hydrogen-bond acceptors (Lipinski definition) is 4. The maximum absolute atomic E-state index is 10.7. The quantitative estimate of drug-likeness (QED) is 0.522. The number of nitrogens with zero attached hydrogens (tertiary/aromatic N) is 1. The van der Waals surface area contributed by atoms with E-state index in [1.54, 1.807) is 12.1 Å². The molecular formula is C14H13BrN2O3. The molecule has 20 heavy (non-hydrogen) atoms. The highest BCUT2D eigenvalue weighted by molar-refractivity contribution is 9.10. The van der Waals surface area contributed by atoms with Gasteiger partial charge >= 0.3 is 0 Å². The number of non-ortho nitro benzene ring substituents is 1. The molecule has 104 valence electrons. The lowest BCUT2D eigenvalue weighted by Crippen LogP contribution is -1.99. The van der Waals surface area contributed by atoms with Crippen molar-refractivity contribution in [1.82, 2.24) is 0 Å². The van der Waals surface area contributed by atoms with Gasteiger partial charge in [-0.15, -0.1) is 0 Å². The Kier molecular flexibility index (Phi) is 4.24.